The van der Waals surface area contributed by atoms with Gasteiger partial charge in [-0.25, -0.2) is 14.4 Å². The van der Waals surface area contributed by atoms with Crippen LogP contribution in [0.5, 0.6) is 5.75 Å². The number of fused-ring (bicyclic) bond motifs is 1. The second-order valence-corrected chi connectivity index (χ2v) is 9.93. The van der Waals surface area contributed by atoms with Crippen LogP contribution in [0.25, 0.3) is 10.9 Å². The number of carbonyl (C=O) groups excluding carboxylic acids is 1. The third-order valence-corrected chi connectivity index (χ3v) is 6.79. The van der Waals surface area contributed by atoms with Gasteiger partial charge in [-0.05, 0) is 50.5 Å². The quantitative estimate of drug-likeness (QED) is 0.355. The van der Waals surface area contributed by atoms with Crippen LogP contribution in [0.3, 0.4) is 0 Å². The van der Waals surface area contributed by atoms with Gasteiger partial charge in [-0.15, -0.1) is 0 Å². The van der Waals surface area contributed by atoms with Crippen LogP contribution >= 0.6 is 11.6 Å². The lowest BCUT2D eigenvalue weighted by Gasteiger charge is -2.16. The molecule has 2 aliphatic heterocycles. The van der Waals surface area contributed by atoms with Crippen LogP contribution in [-0.4, -0.2) is 73.4 Å². The van der Waals surface area contributed by atoms with Crippen molar-refractivity contribution in [1.29, 1.82) is 0 Å². The Bertz CT molecular complexity index is 1310. The summed E-state index contributed by atoms with van der Waals surface area (Å²) >= 11 is 5.89. The van der Waals surface area contributed by atoms with Crippen LogP contribution in [0.2, 0.25) is 5.02 Å². The molecule has 0 saturated carbocycles. The Morgan fingerprint density at radius 3 is 2.80 bits per heavy atom. The van der Waals surface area contributed by atoms with E-state index in [4.69, 9.17) is 25.8 Å². The van der Waals surface area contributed by atoms with Crippen molar-refractivity contribution in [2.45, 2.75) is 32.3 Å². The second kappa shape index (κ2) is 14.9. The predicted molar refractivity (Wildman–Crippen MR) is 155 cm³/mol. The fraction of sp³-hybridized carbons (Fsp3) is 0.414. The smallest absolute Gasteiger partial charge is 0.248 e. The summed E-state index contributed by atoms with van der Waals surface area (Å²) in [7, 11) is 1.52. The Balaban J connectivity index is 0.000000546. The molecule has 2 saturated heterocycles. The molecule has 0 aliphatic carbocycles. The molecule has 1 unspecified atom stereocenters. The van der Waals surface area contributed by atoms with Crippen LogP contribution in [0.1, 0.15) is 26.2 Å². The molecule has 214 valence electrons. The van der Waals surface area contributed by atoms with Gasteiger partial charge in [0.2, 0.25) is 5.91 Å². The maximum atomic E-state index is 13.5. The minimum atomic E-state index is -0.508. The Morgan fingerprint density at radius 1 is 1.20 bits per heavy atom. The van der Waals surface area contributed by atoms with E-state index in [0.29, 0.717) is 53.1 Å². The van der Waals surface area contributed by atoms with Crippen molar-refractivity contribution in [3.8, 4) is 5.75 Å². The maximum absolute atomic E-state index is 13.5. The van der Waals surface area contributed by atoms with E-state index in [1.165, 1.54) is 44.5 Å². The van der Waals surface area contributed by atoms with E-state index in [9.17, 15) is 9.18 Å². The van der Waals surface area contributed by atoms with Crippen molar-refractivity contribution in [2.75, 3.05) is 57.2 Å². The topological polar surface area (TPSA) is 97.8 Å². The van der Waals surface area contributed by atoms with Crippen molar-refractivity contribution >= 4 is 45.6 Å². The summed E-state index contributed by atoms with van der Waals surface area (Å²) in [6.07, 6.45) is 8.81. The molecule has 5 rings (SSSR count). The predicted octanol–water partition coefficient (Wildman–Crippen LogP) is 5.58. The monoisotopic (exact) mass is 571 g/mol. The summed E-state index contributed by atoms with van der Waals surface area (Å²) in [6, 6.07) is 7.75. The van der Waals surface area contributed by atoms with E-state index >= 15 is 0 Å². The van der Waals surface area contributed by atoms with Crippen molar-refractivity contribution < 1.29 is 23.4 Å². The van der Waals surface area contributed by atoms with E-state index in [-0.39, 0.29) is 10.9 Å². The summed E-state index contributed by atoms with van der Waals surface area (Å²) in [5.41, 5.74) is 1.65. The van der Waals surface area contributed by atoms with E-state index in [1.54, 1.807) is 18.2 Å². The molecule has 40 heavy (non-hydrogen) atoms. The molecule has 0 spiro atoms. The van der Waals surface area contributed by atoms with Crippen molar-refractivity contribution in [1.82, 2.24) is 14.9 Å². The molecule has 1 aromatic heterocycles. The van der Waals surface area contributed by atoms with Crippen LogP contribution in [-0.2, 0) is 14.3 Å². The standard InChI is InChI=1S/C24H25ClFN5O3.C5H10O/c1-33-22-14-20-17(24(28-15-27-20)29-16-5-6-19(26)18(25)12-16)13-21(22)30-23(32)4-2-7-31-8-3-10-34-11-9-31;1-5-3-2-4-6-5/h2,4-6,12-15H,3,7-11H2,1H3,(H,30,32)(H,27,28,29);5H,2-4H2,1H3/b4-2+;. The lowest BCUT2D eigenvalue weighted by molar-refractivity contribution is -0.111. The zero-order valence-corrected chi connectivity index (χ0v) is 23.5. The second-order valence-electron chi connectivity index (χ2n) is 9.53. The molecule has 2 N–H and O–H groups in total. The minimum absolute atomic E-state index is 0.00234. The van der Waals surface area contributed by atoms with Gasteiger partial charge in [-0.3, -0.25) is 9.69 Å². The average Bonchev–Trinajstić information content (AvgIpc) is 3.28. The molecule has 0 radical (unpaired) electrons. The largest absolute Gasteiger partial charge is 0.494 e. The van der Waals surface area contributed by atoms with Crippen LogP contribution in [0.15, 0.2) is 48.8 Å². The number of anilines is 3. The van der Waals surface area contributed by atoms with Gasteiger partial charge in [-0.2, -0.15) is 0 Å². The molecule has 3 aromatic rings. The van der Waals surface area contributed by atoms with Gasteiger partial charge < -0.3 is 24.8 Å². The summed E-state index contributed by atoms with van der Waals surface area (Å²) in [5, 5.41) is 6.63. The normalized spacial score (nSPS) is 17.8. The van der Waals surface area contributed by atoms with Gasteiger partial charge in [0.05, 0.1) is 36.0 Å². The average molecular weight is 572 g/mol. The number of amides is 1. The number of methoxy groups -OCH3 is 1. The summed E-state index contributed by atoms with van der Waals surface area (Å²) < 4.78 is 29.6. The van der Waals surface area contributed by atoms with Crippen LogP contribution < -0.4 is 15.4 Å². The number of rotatable bonds is 7. The Morgan fingerprint density at radius 2 is 2.08 bits per heavy atom. The number of halogens is 2. The number of aromatic nitrogens is 2. The number of ether oxygens (including phenoxy) is 3. The lowest BCUT2D eigenvalue weighted by Crippen LogP contribution is -2.26. The number of hydrogen-bond acceptors (Lipinski definition) is 8. The van der Waals surface area contributed by atoms with Gasteiger partial charge in [0.25, 0.3) is 0 Å². The van der Waals surface area contributed by atoms with Crippen molar-refractivity contribution in [3.05, 3.63) is 59.7 Å². The maximum Gasteiger partial charge on any atom is 0.248 e. The van der Waals surface area contributed by atoms with Gasteiger partial charge >= 0.3 is 0 Å². The van der Waals surface area contributed by atoms with Gasteiger partial charge in [0, 0.05) is 56.1 Å². The van der Waals surface area contributed by atoms with E-state index in [0.717, 1.165) is 32.7 Å². The zero-order chi connectivity index (χ0) is 28.3. The molecule has 2 aliphatic rings. The summed E-state index contributed by atoms with van der Waals surface area (Å²) in [5.74, 6) is 0.158. The first-order valence-corrected chi connectivity index (χ1v) is 13.7. The van der Waals surface area contributed by atoms with Gasteiger partial charge in [-0.1, -0.05) is 17.7 Å². The Labute approximate surface area is 238 Å². The van der Waals surface area contributed by atoms with Gasteiger partial charge in [0.15, 0.2) is 0 Å². The van der Waals surface area contributed by atoms with Crippen molar-refractivity contribution in [3.63, 3.8) is 0 Å². The molecule has 1 amide bonds. The molecule has 2 fully saturated rings. The number of carbonyl (C=O) groups is 1. The Hall–Kier alpha value is -3.31. The molecule has 2 aromatic carbocycles. The highest BCUT2D eigenvalue weighted by atomic mass is 35.5. The third kappa shape index (κ3) is 8.59. The Kier molecular flexibility index (Phi) is 11.1. The molecule has 3 heterocycles. The zero-order valence-electron chi connectivity index (χ0n) is 22.8. The van der Waals surface area contributed by atoms with E-state index < -0.39 is 5.82 Å². The first-order valence-electron chi connectivity index (χ1n) is 13.4. The SMILES string of the molecule is CC1CCCO1.COc1cc2ncnc(Nc3ccc(F)c(Cl)c3)c2cc1NC(=O)/C=C/CN1CCCOCC1. The van der Waals surface area contributed by atoms with Gasteiger partial charge in [0.1, 0.15) is 23.7 Å². The highest BCUT2D eigenvalue weighted by Gasteiger charge is 2.13. The highest BCUT2D eigenvalue weighted by molar-refractivity contribution is 6.31. The fourth-order valence-electron chi connectivity index (χ4n) is 4.36. The summed E-state index contributed by atoms with van der Waals surface area (Å²) in [4.78, 5) is 23.4. The van der Waals surface area contributed by atoms with E-state index in [2.05, 4.69) is 32.4 Å². The summed E-state index contributed by atoms with van der Waals surface area (Å²) in [6.45, 7) is 7.05. The van der Waals surface area contributed by atoms with Crippen LogP contribution in [0, 0.1) is 5.82 Å². The minimum Gasteiger partial charge on any atom is -0.494 e. The highest BCUT2D eigenvalue weighted by Crippen LogP contribution is 2.33. The van der Waals surface area contributed by atoms with E-state index in [1.807, 2.05) is 6.08 Å². The molecular weight excluding hydrogens is 537 g/mol. The molecule has 0 bridgehead atoms. The first-order chi connectivity index (χ1) is 19.4. The van der Waals surface area contributed by atoms with Crippen LogP contribution in [0.4, 0.5) is 21.6 Å². The molecule has 9 nitrogen and oxygen atoms in total. The number of nitrogens with one attached hydrogen (secondary N) is 2. The molecule has 1 atom stereocenters. The molecule has 11 heteroatoms. The third-order valence-electron chi connectivity index (χ3n) is 6.50. The number of hydrogen-bond donors (Lipinski definition) is 2. The molecular formula is C29H35ClFN5O4. The number of benzene rings is 2. The number of nitrogens with zero attached hydrogens (tertiary/aromatic N) is 3. The first kappa shape index (κ1) is 29.7. The fourth-order valence-corrected chi connectivity index (χ4v) is 4.54. The lowest BCUT2D eigenvalue weighted by atomic mass is 10.1. The van der Waals surface area contributed by atoms with Crippen molar-refractivity contribution in [2.24, 2.45) is 0 Å².